The lowest BCUT2D eigenvalue weighted by molar-refractivity contribution is 0.0909. The van der Waals surface area contributed by atoms with Gasteiger partial charge in [-0.15, -0.1) is 0 Å². The van der Waals surface area contributed by atoms with Crippen molar-refractivity contribution in [3.63, 3.8) is 0 Å². The van der Waals surface area contributed by atoms with E-state index in [1.807, 2.05) is 6.92 Å². The number of carbonyl (C=O) groups excluding carboxylic acids is 1. The van der Waals surface area contributed by atoms with Gasteiger partial charge in [0.05, 0.1) is 12.3 Å². The lowest BCUT2D eigenvalue weighted by Crippen LogP contribution is -2.39. The van der Waals surface area contributed by atoms with Crippen molar-refractivity contribution in [3.8, 4) is 5.75 Å². The van der Waals surface area contributed by atoms with Crippen molar-refractivity contribution in [2.24, 2.45) is 5.41 Å². The summed E-state index contributed by atoms with van der Waals surface area (Å²) in [6.45, 7) is 7.05. The van der Waals surface area contributed by atoms with Crippen molar-refractivity contribution in [1.82, 2.24) is 5.32 Å². The molecule has 0 aromatic heterocycles. The molecule has 0 atom stereocenters. The molecule has 0 aliphatic heterocycles. The molecule has 21 heavy (non-hydrogen) atoms. The molecular weight excluding hydrogens is 264 g/mol. The topological polar surface area (TPSA) is 64.3 Å². The van der Waals surface area contributed by atoms with Crippen LogP contribution in [-0.2, 0) is 0 Å². The summed E-state index contributed by atoms with van der Waals surface area (Å²) in [7, 11) is 0. The first kappa shape index (κ1) is 15.7. The Morgan fingerprint density at radius 1 is 1.38 bits per heavy atom. The van der Waals surface area contributed by atoms with Crippen molar-refractivity contribution < 1.29 is 9.53 Å². The monoisotopic (exact) mass is 290 g/mol. The third-order valence-corrected chi connectivity index (χ3v) is 4.25. The molecule has 0 heterocycles. The molecule has 1 aromatic rings. The Labute approximate surface area is 127 Å². The molecule has 0 spiro atoms. The van der Waals surface area contributed by atoms with E-state index in [9.17, 15) is 4.79 Å². The van der Waals surface area contributed by atoms with E-state index in [0.29, 0.717) is 29.0 Å². The normalized spacial score (nSPS) is 18.2. The number of anilines is 1. The fourth-order valence-corrected chi connectivity index (χ4v) is 2.79. The fourth-order valence-electron chi connectivity index (χ4n) is 2.79. The molecule has 1 aromatic carbocycles. The predicted molar refractivity (Wildman–Crippen MR) is 85.5 cm³/mol. The highest BCUT2D eigenvalue weighted by atomic mass is 16.5. The zero-order valence-electron chi connectivity index (χ0n) is 13.2. The van der Waals surface area contributed by atoms with Crippen LogP contribution in [0.15, 0.2) is 18.2 Å². The van der Waals surface area contributed by atoms with Gasteiger partial charge in [-0.2, -0.15) is 0 Å². The summed E-state index contributed by atoms with van der Waals surface area (Å²) < 4.78 is 5.39. The Hall–Kier alpha value is -1.71. The third-order valence-electron chi connectivity index (χ3n) is 4.25. The number of amides is 1. The molecule has 3 N–H and O–H groups in total. The fraction of sp³-hybridized carbons (Fsp3) is 0.588. The van der Waals surface area contributed by atoms with Crippen molar-refractivity contribution in [2.45, 2.75) is 52.5 Å². The molecule has 2 rings (SSSR count). The second-order valence-corrected chi connectivity index (χ2v) is 6.60. The van der Waals surface area contributed by atoms with Gasteiger partial charge >= 0.3 is 0 Å². The maximum Gasteiger partial charge on any atom is 0.251 e. The molecule has 4 nitrogen and oxygen atoms in total. The number of carbonyl (C=O) groups is 1. The molecule has 1 aliphatic carbocycles. The Balaban J connectivity index is 1.96. The van der Waals surface area contributed by atoms with Crippen molar-refractivity contribution in [2.75, 3.05) is 12.3 Å². The standard InChI is InChI=1S/C17H26N2O2/c1-4-21-15-6-5-12(11-14(15)18)16(20)19-13-7-9-17(2,3)10-8-13/h5-6,11,13H,4,7-10,18H2,1-3H3,(H,19,20). The second kappa shape index (κ2) is 6.37. The first-order valence-corrected chi connectivity index (χ1v) is 7.74. The molecule has 0 bridgehead atoms. The van der Waals surface area contributed by atoms with Gasteiger partial charge in [0.25, 0.3) is 5.91 Å². The van der Waals surface area contributed by atoms with Crippen LogP contribution in [0.3, 0.4) is 0 Å². The van der Waals surface area contributed by atoms with Crippen LogP contribution in [0.4, 0.5) is 5.69 Å². The van der Waals surface area contributed by atoms with Crippen molar-refractivity contribution >= 4 is 11.6 Å². The Morgan fingerprint density at radius 2 is 2.05 bits per heavy atom. The largest absolute Gasteiger partial charge is 0.492 e. The van der Waals surface area contributed by atoms with E-state index in [1.54, 1.807) is 18.2 Å². The molecule has 0 radical (unpaired) electrons. The van der Waals surface area contributed by atoms with Crippen LogP contribution in [0.1, 0.15) is 56.8 Å². The summed E-state index contributed by atoms with van der Waals surface area (Å²) in [6, 6.07) is 5.49. The average Bonchev–Trinajstić information content (AvgIpc) is 2.43. The minimum Gasteiger partial charge on any atom is -0.492 e. The van der Waals surface area contributed by atoms with E-state index in [1.165, 1.54) is 0 Å². The zero-order chi connectivity index (χ0) is 15.5. The number of nitrogen functional groups attached to an aromatic ring is 1. The van der Waals surface area contributed by atoms with Gasteiger partial charge in [-0.25, -0.2) is 0 Å². The number of benzene rings is 1. The van der Waals surface area contributed by atoms with E-state index in [0.717, 1.165) is 25.7 Å². The summed E-state index contributed by atoms with van der Waals surface area (Å²) in [5.41, 5.74) is 7.42. The Kier molecular flexibility index (Phi) is 4.76. The summed E-state index contributed by atoms with van der Waals surface area (Å²) in [6.07, 6.45) is 4.41. The van der Waals surface area contributed by atoms with Gasteiger partial charge in [-0.1, -0.05) is 13.8 Å². The van der Waals surface area contributed by atoms with E-state index in [2.05, 4.69) is 19.2 Å². The smallest absolute Gasteiger partial charge is 0.251 e. The number of ether oxygens (including phenoxy) is 1. The van der Waals surface area contributed by atoms with E-state index in [4.69, 9.17) is 10.5 Å². The number of nitrogens with two attached hydrogens (primary N) is 1. The summed E-state index contributed by atoms with van der Waals surface area (Å²) in [5.74, 6) is 0.586. The number of hydrogen-bond donors (Lipinski definition) is 2. The van der Waals surface area contributed by atoms with Crippen LogP contribution in [-0.4, -0.2) is 18.6 Å². The van der Waals surface area contributed by atoms with Gasteiger partial charge in [0.1, 0.15) is 5.75 Å². The summed E-state index contributed by atoms with van der Waals surface area (Å²) in [5, 5.41) is 3.12. The van der Waals surface area contributed by atoms with Crippen LogP contribution in [0.2, 0.25) is 0 Å². The third kappa shape index (κ3) is 4.13. The highest BCUT2D eigenvalue weighted by Gasteiger charge is 2.27. The predicted octanol–water partition coefficient (Wildman–Crippen LogP) is 3.37. The van der Waals surface area contributed by atoms with Crippen LogP contribution < -0.4 is 15.8 Å². The van der Waals surface area contributed by atoms with E-state index >= 15 is 0 Å². The average molecular weight is 290 g/mol. The summed E-state index contributed by atoms with van der Waals surface area (Å²) >= 11 is 0. The number of nitrogens with one attached hydrogen (secondary N) is 1. The molecule has 116 valence electrons. The first-order chi connectivity index (χ1) is 9.91. The quantitative estimate of drug-likeness (QED) is 0.836. The molecule has 0 saturated heterocycles. The van der Waals surface area contributed by atoms with Crippen LogP contribution in [0.25, 0.3) is 0 Å². The minimum absolute atomic E-state index is 0.0468. The van der Waals surface area contributed by atoms with Gasteiger partial charge in [-0.3, -0.25) is 4.79 Å². The van der Waals surface area contributed by atoms with Gasteiger partial charge in [0.2, 0.25) is 0 Å². The maximum atomic E-state index is 12.3. The van der Waals surface area contributed by atoms with Gasteiger partial charge in [0.15, 0.2) is 0 Å². The van der Waals surface area contributed by atoms with Crippen LogP contribution >= 0.6 is 0 Å². The van der Waals surface area contributed by atoms with Gasteiger partial charge in [0, 0.05) is 11.6 Å². The van der Waals surface area contributed by atoms with E-state index < -0.39 is 0 Å². The highest BCUT2D eigenvalue weighted by molar-refractivity contribution is 5.95. The van der Waals surface area contributed by atoms with Gasteiger partial charge < -0.3 is 15.8 Å². The molecule has 1 fully saturated rings. The van der Waals surface area contributed by atoms with Crippen LogP contribution in [0.5, 0.6) is 5.75 Å². The SMILES string of the molecule is CCOc1ccc(C(=O)NC2CCC(C)(C)CC2)cc1N. The first-order valence-electron chi connectivity index (χ1n) is 7.74. The van der Waals surface area contributed by atoms with Crippen molar-refractivity contribution in [1.29, 1.82) is 0 Å². The second-order valence-electron chi connectivity index (χ2n) is 6.60. The maximum absolute atomic E-state index is 12.3. The minimum atomic E-state index is -0.0468. The lowest BCUT2D eigenvalue weighted by Gasteiger charge is -2.34. The summed E-state index contributed by atoms with van der Waals surface area (Å²) in [4.78, 5) is 12.3. The Bertz CT molecular complexity index is 502. The van der Waals surface area contributed by atoms with Gasteiger partial charge in [-0.05, 0) is 56.2 Å². The Morgan fingerprint density at radius 3 is 2.62 bits per heavy atom. The molecule has 1 amide bonds. The molecule has 4 heteroatoms. The number of rotatable bonds is 4. The van der Waals surface area contributed by atoms with E-state index in [-0.39, 0.29) is 11.9 Å². The number of hydrogen-bond acceptors (Lipinski definition) is 3. The molecule has 0 unspecified atom stereocenters. The zero-order valence-corrected chi connectivity index (χ0v) is 13.2. The molecular formula is C17H26N2O2. The molecule has 1 saturated carbocycles. The highest BCUT2D eigenvalue weighted by Crippen LogP contribution is 2.35. The van der Waals surface area contributed by atoms with Crippen LogP contribution in [0, 0.1) is 5.41 Å². The lowest BCUT2D eigenvalue weighted by atomic mass is 9.75. The molecule has 1 aliphatic rings. The van der Waals surface area contributed by atoms with Crippen molar-refractivity contribution in [3.05, 3.63) is 23.8 Å².